The van der Waals surface area contributed by atoms with Crippen molar-refractivity contribution in [2.45, 2.75) is 31.8 Å². The van der Waals surface area contributed by atoms with Gasteiger partial charge in [-0.2, -0.15) is 0 Å². The summed E-state index contributed by atoms with van der Waals surface area (Å²) in [4.78, 5) is 21.0. The van der Waals surface area contributed by atoms with Crippen molar-refractivity contribution in [2.24, 2.45) is 0 Å². The number of rotatable bonds is 3. The minimum atomic E-state index is 0.0293. The summed E-state index contributed by atoms with van der Waals surface area (Å²) in [6.45, 7) is 4.07. The zero-order valence-corrected chi connectivity index (χ0v) is 15.2. The number of aryl methyl sites for hydroxylation is 1. The lowest BCUT2D eigenvalue weighted by Gasteiger charge is -2.41. The van der Waals surface area contributed by atoms with Crippen LogP contribution in [0.5, 0.6) is 0 Å². The van der Waals surface area contributed by atoms with Gasteiger partial charge in [0.25, 0.3) is 0 Å². The van der Waals surface area contributed by atoms with Crippen molar-refractivity contribution in [1.29, 1.82) is 0 Å². The van der Waals surface area contributed by atoms with Crippen LogP contribution in [0.1, 0.15) is 23.2 Å². The molecule has 2 aliphatic rings. The number of amides is 2. The molecule has 25 heavy (non-hydrogen) atoms. The number of nitrogens with one attached hydrogen (secondary N) is 1. The summed E-state index contributed by atoms with van der Waals surface area (Å²) in [5.41, 5.74) is 5.74. The number of nitrogens with zero attached hydrogens (tertiary/aromatic N) is 3. The number of benzene rings is 1. The predicted octanol–water partition coefficient (Wildman–Crippen LogP) is 2.53. The molecular formula is C19H24N4OS. The summed E-state index contributed by atoms with van der Waals surface area (Å²) in [6, 6.07) is 9.46. The topological polar surface area (TPSA) is 48.5 Å². The largest absolute Gasteiger partial charge is 0.332 e. The Morgan fingerprint density at radius 3 is 2.76 bits per heavy atom. The molecule has 1 aromatic carbocycles. The molecule has 132 valence electrons. The average molecular weight is 356 g/mol. The lowest BCUT2D eigenvalue weighted by molar-refractivity contribution is 0.101. The molecule has 1 aliphatic heterocycles. The van der Waals surface area contributed by atoms with Gasteiger partial charge in [-0.1, -0.05) is 24.3 Å². The number of piperazine rings is 1. The number of fused-ring (bicyclic) bond motifs is 1. The molecule has 0 bridgehead atoms. The van der Waals surface area contributed by atoms with E-state index >= 15 is 0 Å². The fourth-order valence-corrected chi connectivity index (χ4v) is 4.44. The second-order valence-corrected chi connectivity index (χ2v) is 7.55. The van der Waals surface area contributed by atoms with Gasteiger partial charge in [-0.15, -0.1) is 11.3 Å². The van der Waals surface area contributed by atoms with E-state index in [2.05, 4.69) is 39.5 Å². The van der Waals surface area contributed by atoms with Crippen molar-refractivity contribution in [1.82, 2.24) is 20.1 Å². The third-order valence-electron chi connectivity index (χ3n) is 5.34. The first-order chi connectivity index (χ1) is 12.3. The van der Waals surface area contributed by atoms with Gasteiger partial charge in [0.15, 0.2) is 0 Å². The van der Waals surface area contributed by atoms with E-state index in [0.29, 0.717) is 12.6 Å². The highest BCUT2D eigenvalue weighted by Gasteiger charge is 2.28. The first-order valence-corrected chi connectivity index (χ1v) is 9.94. The van der Waals surface area contributed by atoms with Crippen LogP contribution in [-0.4, -0.2) is 53.0 Å². The van der Waals surface area contributed by atoms with Crippen molar-refractivity contribution in [3.05, 3.63) is 52.0 Å². The van der Waals surface area contributed by atoms with Gasteiger partial charge in [0.1, 0.15) is 0 Å². The van der Waals surface area contributed by atoms with E-state index in [9.17, 15) is 4.79 Å². The standard InChI is InChI=1S/C19H24N4OS/c24-19(20-12-17-13-25-14-21-17)23-9-7-22(8-10-23)18-6-5-15-3-1-2-4-16(15)11-18/h1-4,13-14,18H,5-12H2,(H,20,24). The Morgan fingerprint density at radius 1 is 1.20 bits per heavy atom. The average Bonchev–Trinajstić information content (AvgIpc) is 3.19. The Morgan fingerprint density at radius 2 is 2.00 bits per heavy atom. The lowest BCUT2D eigenvalue weighted by atomic mass is 9.87. The van der Waals surface area contributed by atoms with Crippen LogP contribution in [0.15, 0.2) is 35.2 Å². The van der Waals surface area contributed by atoms with E-state index in [0.717, 1.165) is 38.3 Å². The molecule has 5 nitrogen and oxygen atoms in total. The number of carbonyl (C=O) groups excluding carboxylic acids is 1. The van der Waals surface area contributed by atoms with Crippen molar-refractivity contribution in [2.75, 3.05) is 26.2 Å². The second-order valence-electron chi connectivity index (χ2n) is 6.83. The Balaban J connectivity index is 1.26. The summed E-state index contributed by atoms with van der Waals surface area (Å²) >= 11 is 1.56. The van der Waals surface area contributed by atoms with Gasteiger partial charge in [0, 0.05) is 37.6 Å². The maximum atomic E-state index is 12.3. The van der Waals surface area contributed by atoms with Gasteiger partial charge < -0.3 is 10.2 Å². The van der Waals surface area contributed by atoms with Crippen LogP contribution in [0, 0.1) is 0 Å². The number of aromatic nitrogens is 1. The van der Waals surface area contributed by atoms with Gasteiger partial charge in [0.2, 0.25) is 0 Å². The zero-order chi connectivity index (χ0) is 17.1. The molecular weight excluding hydrogens is 332 g/mol. The molecule has 0 saturated carbocycles. The molecule has 2 amide bonds. The lowest BCUT2D eigenvalue weighted by Crippen LogP contribution is -2.55. The van der Waals surface area contributed by atoms with Gasteiger partial charge in [-0.3, -0.25) is 4.90 Å². The number of thiazole rings is 1. The molecule has 1 atom stereocenters. The van der Waals surface area contributed by atoms with E-state index < -0.39 is 0 Å². The molecule has 0 radical (unpaired) electrons. The van der Waals surface area contributed by atoms with Gasteiger partial charge in [-0.05, 0) is 30.4 Å². The van der Waals surface area contributed by atoms with Crippen molar-refractivity contribution >= 4 is 17.4 Å². The van der Waals surface area contributed by atoms with E-state index in [1.165, 1.54) is 24.0 Å². The van der Waals surface area contributed by atoms with Crippen LogP contribution in [0.4, 0.5) is 4.79 Å². The molecule has 4 rings (SSSR count). The fourth-order valence-electron chi connectivity index (χ4n) is 3.88. The SMILES string of the molecule is O=C(NCc1cscn1)N1CCN(C2CCc3ccccc3C2)CC1. The maximum Gasteiger partial charge on any atom is 0.317 e. The van der Waals surface area contributed by atoms with Crippen LogP contribution in [0.2, 0.25) is 0 Å². The van der Waals surface area contributed by atoms with Crippen molar-refractivity contribution in [3.8, 4) is 0 Å². The van der Waals surface area contributed by atoms with Crippen LogP contribution >= 0.6 is 11.3 Å². The number of carbonyl (C=O) groups is 1. The Labute approximate surface area is 152 Å². The zero-order valence-electron chi connectivity index (χ0n) is 14.4. The Hall–Kier alpha value is -1.92. The minimum Gasteiger partial charge on any atom is -0.332 e. The number of urea groups is 1. The van der Waals surface area contributed by atoms with Gasteiger partial charge in [0.05, 0.1) is 17.7 Å². The first-order valence-electron chi connectivity index (χ1n) is 9.00. The molecule has 0 spiro atoms. The first kappa shape index (κ1) is 16.5. The molecule has 2 aromatic rings. The quantitative estimate of drug-likeness (QED) is 0.919. The molecule has 1 fully saturated rings. The summed E-state index contributed by atoms with van der Waals surface area (Å²) in [5, 5.41) is 4.95. The van der Waals surface area contributed by atoms with E-state index in [-0.39, 0.29) is 6.03 Å². The third-order valence-corrected chi connectivity index (χ3v) is 5.98. The predicted molar refractivity (Wildman–Crippen MR) is 99.8 cm³/mol. The molecule has 1 N–H and O–H groups in total. The van der Waals surface area contributed by atoms with E-state index in [1.54, 1.807) is 16.8 Å². The minimum absolute atomic E-state index is 0.0293. The molecule has 1 aromatic heterocycles. The van der Waals surface area contributed by atoms with Crippen LogP contribution in [0.3, 0.4) is 0 Å². The normalized spacial score (nSPS) is 21.0. The third kappa shape index (κ3) is 3.85. The van der Waals surface area contributed by atoms with Crippen LogP contribution < -0.4 is 5.32 Å². The van der Waals surface area contributed by atoms with Crippen molar-refractivity contribution in [3.63, 3.8) is 0 Å². The second kappa shape index (κ2) is 7.54. The molecule has 2 heterocycles. The highest BCUT2D eigenvalue weighted by Crippen LogP contribution is 2.25. The van der Waals surface area contributed by atoms with Crippen LogP contribution in [0.25, 0.3) is 0 Å². The Bertz CT molecular complexity index is 710. The molecule has 6 heteroatoms. The molecule has 1 saturated heterocycles. The summed E-state index contributed by atoms with van der Waals surface area (Å²) in [5.74, 6) is 0. The van der Waals surface area contributed by atoms with Crippen LogP contribution in [-0.2, 0) is 19.4 Å². The fraction of sp³-hybridized carbons (Fsp3) is 0.474. The van der Waals surface area contributed by atoms with E-state index in [1.807, 2.05) is 10.3 Å². The maximum absolute atomic E-state index is 12.3. The number of hydrogen-bond acceptors (Lipinski definition) is 4. The highest BCUT2D eigenvalue weighted by atomic mass is 32.1. The van der Waals surface area contributed by atoms with Crippen molar-refractivity contribution < 1.29 is 4.79 Å². The van der Waals surface area contributed by atoms with E-state index in [4.69, 9.17) is 0 Å². The Kier molecular flexibility index (Phi) is 4.99. The molecule has 1 unspecified atom stereocenters. The van der Waals surface area contributed by atoms with Gasteiger partial charge in [-0.25, -0.2) is 9.78 Å². The van der Waals surface area contributed by atoms with Gasteiger partial charge >= 0.3 is 6.03 Å². The smallest absolute Gasteiger partial charge is 0.317 e. The summed E-state index contributed by atoms with van der Waals surface area (Å²) < 4.78 is 0. The highest BCUT2D eigenvalue weighted by molar-refractivity contribution is 7.07. The summed E-state index contributed by atoms with van der Waals surface area (Å²) in [7, 11) is 0. The molecule has 1 aliphatic carbocycles. The number of hydrogen-bond donors (Lipinski definition) is 1. The summed E-state index contributed by atoms with van der Waals surface area (Å²) in [6.07, 6.45) is 3.55. The monoisotopic (exact) mass is 356 g/mol.